The van der Waals surface area contributed by atoms with Crippen molar-refractivity contribution in [2.45, 2.75) is 25.7 Å². The molecule has 4 aromatic rings. The Bertz CT molecular complexity index is 1310. The van der Waals surface area contributed by atoms with Crippen LogP contribution in [0.4, 0.5) is 16.3 Å². The molecular formula is C28H29N5O. The van der Waals surface area contributed by atoms with Gasteiger partial charge in [0, 0.05) is 36.5 Å². The molecule has 3 heterocycles. The number of aromatic amines is 1. The summed E-state index contributed by atoms with van der Waals surface area (Å²) in [5.74, 6) is 0.844. The molecule has 1 aliphatic heterocycles. The number of H-pyrrole nitrogens is 1. The predicted octanol–water partition coefficient (Wildman–Crippen LogP) is 6.59. The number of aromatic nitrogens is 2. The van der Waals surface area contributed by atoms with Gasteiger partial charge in [-0.3, -0.25) is 5.32 Å². The van der Waals surface area contributed by atoms with Crippen molar-refractivity contribution < 1.29 is 4.79 Å². The molecule has 34 heavy (non-hydrogen) atoms. The second-order valence-corrected chi connectivity index (χ2v) is 8.64. The minimum Gasteiger partial charge on any atom is -0.378 e. The Morgan fingerprint density at radius 2 is 1.91 bits per heavy atom. The molecule has 6 nitrogen and oxygen atoms in total. The van der Waals surface area contributed by atoms with Crippen molar-refractivity contribution >= 4 is 28.6 Å². The average molecular weight is 452 g/mol. The summed E-state index contributed by atoms with van der Waals surface area (Å²) in [5.41, 5.74) is 5.93. The topological polar surface area (TPSA) is 73.1 Å². The first-order valence-corrected chi connectivity index (χ1v) is 11.8. The third-order valence-corrected chi connectivity index (χ3v) is 6.19. The summed E-state index contributed by atoms with van der Waals surface area (Å²) in [7, 11) is 0. The van der Waals surface area contributed by atoms with Gasteiger partial charge in [-0.15, -0.1) is 0 Å². The summed E-state index contributed by atoms with van der Waals surface area (Å²) in [4.78, 5) is 23.2. The van der Waals surface area contributed by atoms with Crippen LogP contribution in [0.1, 0.15) is 31.2 Å². The van der Waals surface area contributed by atoms with Gasteiger partial charge in [0.2, 0.25) is 0 Å². The van der Waals surface area contributed by atoms with E-state index >= 15 is 0 Å². The van der Waals surface area contributed by atoms with Crippen LogP contribution in [-0.4, -0.2) is 34.0 Å². The monoisotopic (exact) mass is 451 g/mol. The highest BCUT2D eigenvalue weighted by molar-refractivity contribution is 6.00. The van der Waals surface area contributed by atoms with Crippen molar-refractivity contribution in [1.82, 2.24) is 14.9 Å². The number of rotatable bonds is 6. The Balaban J connectivity index is 1.29. The Morgan fingerprint density at radius 1 is 1.06 bits per heavy atom. The first-order valence-electron chi connectivity index (χ1n) is 11.8. The van der Waals surface area contributed by atoms with Crippen LogP contribution < -0.4 is 10.6 Å². The molecule has 1 aliphatic rings. The third kappa shape index (κ3) is 4.81. The number of urea groups is 1. The SMILES string of the molecule is CCCN1C=CC(c2c[nH]c3ccc(NC(=O)Nc4cccc(-c5ccccc5)c4)nc23)CC1. The first-order chi connectivity index (χ1) is 16.7. The van der Waals surface area contributed by atoms with Crippen molar-refractivity contribution in [3.63, 3.8) is 0 Å². The van der Waals surface area contributed by atoms with E-state index in [1.54, 1.807) is 0 Å². The van der Waals surface area contributed by atoms with Crippen LogP contribution >= 0.6 is 0 Å². The fourth-order valence-corrected chi connectivity index (χ4v) is 4.49. The van der Waals surface area contributed by atoms with Gasteiger partial charge in [-0.2, -0.15) is 0 Å². The second kappa shape index (κ2) is 9.83. The molecule has 3 N–H and O–H groups in total. The molecule has 0 saturated heterocycles. The maximum Gasteiger partial charge on any atom is 0.324 e. The number of hydrogen-bond acceptors (Lipinski definition) is 3. The molecule has 5 rings (SSSR count). The lowest BCUT2D eigenvalue weighted by atomic mass is 9.94. The summed E-state index contributed by atoms with van der Waals surface area (Å²) in [5, 5.41) is 5.81. The highest BCUT2D eigenvalue weighted by Gasteiger charge is 2.19. The number of carbonyl (C=O) groups is 1. The van der Waals surface area contributed by atoms with Crippen LogP contribution in [-0.2, 0) is 0 Å². The van der Waals surface area contributed by atoms with Gasteiger partial charge in [0.15, 0.2) is 0 Å². The predicted molar refractivity (Wildman–Crippen MR) is 139 cm³/mol. The fourth-order valence-electron chi connectivity index (χ4n) is 4.49. The van der Waals surface area contributed by atoms with Crippen molar-refractivity contribution in [2.75, 3.05) is 23.7 Å². The molecule has 2 amide bonds. The summed E-state index contributed by atoms with van der Waals surface area (Å²) in [6.45, 7) is 4.34. The maximum atomic E-state index is 12.7. The van der Waals surface area contributed by atoms with Gasteiger partial charge in [-0.05, 0) is 54.4 Å². The van der Waals surface area contributed by atoms with Gasteiger partial charge in [-0.25, -0.2) is 9.78 Å². The quantitative estimate of drug-likeness (QED) is 0.310. The highest BCUT2D eigenvalue weighted by Crippen LogP contribution is 2.31. The van der Waals surface area contributed by atoms with E-state index in [4.69, 9.17) is 4.98 Å². The summed E-state index contributed by atoms with van der Waals surface area (Å²) < 4.78 is 0. The molecular weight excluding hydrogens is 422 g/mol. The molecule has 0 aliphatic carbocycles. The highest BCUT2D eigenvalue weighted by atomic mass is 16.2. The zero-order valence-electron chi connectivity index (χ0n) is 19.3. The Labute approximate surface area is 199 Å². The van der Waals surface area contributed by atoms with E-state index in [9.17, 15) is 4.79 Å². The number of hydrogen-bond donors (Lipinski definition) is 3. The van der Waals surface area contributed by atoms with Crippen molar-refractivity contribution in [2.24, 2.45) is 0 Å². The number of allylic oxidation sites excluding steroid dienone is 1. The van der Waals surface area contributed by atoms with Crippen LogP contribution in [0.5, 0.6) is 0 Å². The summed E-state index contributed by atoms with van der Waals surface area (Å²) >= 11 is 0. The molecule has 0 spiro atoms. The average Bonchev–Trinajstić information content (AvgIpc) is 3.29. The molecule has 1 atom stereocenters. The zero-order chi connectivity index (χ0) is 23.3. The molecule has 172 valence electrons. The van der Waals surface area contributed by atoms with E-state index in [0.29, 0.717) is 11.7 Å². The van der Waals surface area contributed by atoms with Crippen LogP contribution in [0.2, 0.25) is 0 Å². The molecule has 0 fully saturated rings. The lowest BCUT2D eigenvalue weighted by Gasteiger charge is -2.27. The molecule has 2 aromatic heterocycles. The Hall–Kier alpha value is -4.06. The van der Waals surface area contributed by atoms with Gasteiger partial charge >= 0.3 is 6.03 Å². The number of nitrogens with one attached hydrogen (secondary N) is 3. The van der Waals surface area contributed by atoms with E-state index in [1.807, 2.05) is 60.8 Å². The number of nitrogens with zero attached hydrogens (tertiary/aromatic N) is 2. The molecule has 0 bridgehead atoms. The molecule has 6 heteroatoms. The van der Waals surface area contributed by atoms with E-state index in [0.717, 1.165) is 53.8 Å². The van der Waals surface area contributed by atoms with Crippen LogP contribution in [0.25, 0.3) is 22.2 Å². The number of carbonyl (C=O) groups excluding carboxylic acids is 1. The standard InChI is InChI=1S/C28H29N5O/c1-2-15-33-16-13-21(14-17-33)24-19-29-25-11-12-26(31-27(24)25)32-28(34)30-23-10-6-9-22(18-23)20-7-4-3-5-8-20/h3-13,16,18-19,21,29H,2,14-15,17H2,1H3,(H2,30,31,32,34). The summed E-state index contributed by atoms with van der Waals surface area (Å²) in [6, 6.07) is 21.4. The number of anilines is 2. The number of amides is 2. The van der Waals surface area contributed by atoms with Crippen molar-refractivity contribution in [1.29, 1.82) is 0 Å². The largest absolute Gasteiger partial charge is 0.378 e. The molecule has 0 saturated carbocycles. The number of benzene rings is 2. The normalized spacial score (nSPS) is 15.4. The maximum absolute atomic E-state index is 12.7. The van der Waals surface area contributed by atoms with Gasteiger partial charge < -0.3 is 15.2 Å². The van der Waals surface area contributed by atoms with Crippen molar-refractivity contribution in [3.05, 3.63) is 90.8 Å². The lowest BCUT2D eigenvalue weighted by Crippen LogP contribution is -2.24. The van der Waals surface area contributed by atoms with Gasteiger partial charge in [-0.1, -0.05) is 55.5 Å². The minimum atomic E-state index is -0.318. The van der Waals surface area contributed by atoms with Gasteiger partial charge in [0.05, 0.1) is 11.0 Å². The van der Waals surface area contributed by atoms with E-state index in [-0.39, 0.29) is 6.03 Å². The van der Waals surface area contributed by atoms with Gasteiger partial charge in [0.1, 0.15) is 5.82 Å². The van der Waals surface area contributed by atoms with Crippen LogP contribution in [0.3, 0.4) is 0 Å². The van der Waals surface area contributed by atoms with Crippen LogP contribution in [0, 0.1) is 0 Å². The number of fused-ring (bicyclic) bond motifs is 1. The third-order valence-electron chi connectivity index (χ3n) is 6.19. The molecule has 0 radical (unpaired) electrons. The molecule has 1 unspecified atom stereocenters. The van der Waals surface area contributed by atoms with Crippen LogP contribution in [0.15, 0.2) is 85.2 Å². The van der Waals surface area contributed by atoms with Crippen molar-refractivity contribution in [3.8, 4) is 11.1 Å². The second-order valence-electron chi connectivity index (χ2n) is 8.64. The fraction of sp³-hybridized carbons (Fsp3) is 0.214. The lowest BCUT2D eigenvalue weighted by molar-refractivity contribution is 0.262. The Morgan fingerprint density at radius 3 is 2.71 bits per heavy atom. The van der Waals surface area contributed by atoms with E-state index < -0.39 is 0 Å². The number of pyridine rings is 1. The first kappa shape index (κ1) is 21.8. The zero-order valence-corrected chi connectivity index (χ0v) is 19.3. The smallest absolute Gasteiger partial charge is 0.324 e. The van der Waals surface area contributed by atoms with Gasteiger partial charge in [0.25, 0.3) is 0 Å². The molecule has 2 aromatic carbocycles. The summed E-state index contributed by atoms with van der Waals surface area (Å²) in [6.07, 6.45) is 8.71. The minimum absolute atomic E-state index is 0.318. The van der Waals surface area contributed by atoms with E-state index in [1.165, 1.54) is 5.56 Å². The van der Waals surface area contributed by atoms with E-state index in [2.05, 4.69) is 51.8 Å². The Kier molecular flexibility index (Phi) is 6.29.